The summed E-state index contributed by atoms with van der Waals surface area (Å²) in [6, 6.07) is 17.1. The lowest BCUT2D eigenvalue weighted by molar-refractivity contribution is 0.0601. The van der Waals surface area contributed by atoms with Crippen LogP contribution >= 0.6 is 0 Å². The third kappa shape index (κ3) is 3.41. The fourth-order valence-corrected chi connectivity index (χ4v) is 3.60. The van der Waals surface area contributed by atoms with Crippen molar-refractivity contribution in [2.24, 2.45) is 7.05 Å². The number of hydrogen-bond acceptors (Lipinski definition) is 6. The molecule has 3 aromatic carbocycles. The van der Waals surface area contributed by atoms with Crippen LogP contribution in [-0.4, -0.2) is 32.8 Å². The molecule has 2 heterocycles. The molecule has 0 saturated carbocycles. The maximum atomic E-state index is 14.0. The predicted molar refractivity (Wildman–Crippen MR) is 116 cm³/mol. The van der Waals surface area contributed by atoms with Gasteiger partial charge in [-0.25, -0.2) is 14.2 Å². The Kier molecular flexibility index (Phi) is 4.74. The molecule has 7 nitrogen and oxygen atoms in total. The Hall–Kier alpha value is -4.33. The highest BCUT2D eigenvalue weighted by atomic mass is 19.1. The fraction of sp³-hybridized carbons (Fsp3) is 0.0833. The van der Waals surface area contributed by atoms with Gasteiger partial charge < -0.3 is 13.7 Å². The zero-order valence-electron chi connectivity index (χ0n) is 17.2. The van der Waals surface area contributed by atoms with Gasteiger partial charge in [0.1, 0.15) is 17.7 Å². The first kappa shape index (κ1) is 19.6. The molecule has 5 aromatic rings. The van der Waals surface area contributed by atoms with Crippen molar-refractivity contribution in [3.05, 3.63) is 78.4 Å². The van der Waals surface area contributed by atoms with Crippen LogP contribution in [-0.2, 0) is 11.8 Å². The van der Waals surface area contributed by atoms with E-state index in [1.165, 1.54) is 19.2 Å². The Morgan fingerprint density at radius 2 is 1.88 bits per heavy atom. The van der Waals surface area contributed by atoms with Crippen LogP contribution in [0.25, 0.3) is 45.1 Å². The number of rotatable bonds is 4. The molecule has 158 valence electrons. The summed E-state index contributed by atoms with van der Waals surface area (Å²) in [6.07, 6.45) is 1.57. The van der Waals surface area contributed by atoms with E-state index in [2.05, 4.69) is 15.2 Å². The molecule has 0 amide bonds. The van der Waals surface area contributed by atoms with Crippen LogP contribution in [0.3, 0.4) is 0 Å². The van der Waals surface area contributed by atoms with Crippen molar-refractivity contribution < 1.29 is 18.3 Å². The van der Waals surface area contributed by atoms with Crippen molar-refractivity contribution in [3.63, 3.8) is 0 Å². The van der Waals surface area contributed by atoms with E-state index in [4.69, 9.17) is 9.15 Å². The molecule has 0 bridgehead atoms. The van der Waals surface area contributed by atoms with Gasteiger partial charge in [0.2, 0.25) is 5.89 Å². The van der Waals surface area contributed by atoms with Gasteiger partial charge in [0, 0.05) is 18.2 Å². The molecule has 0 aliphatic heterocycles. The average molecular weight is 428 g/mol. The van der Waals surface area contributed by atoms with Crippen molar-refractivity contribution in [1.82, 2.24) is 19.7 Å². The van der Waals surface area contributed by atoms with E-state index >= 15 is 0 Å². The molecule has 0 atom stereocenters. The number of methoxy groups -OCH3 is 1. The Morgan fingerprint density at radius 1 is 1.03 bits per heavy atom. The number of halogens is 1. The second-order valence-corrected chi connectivity index (χ2v) is 7.23. The van der Waals surface area contributed by atoms with Crippen molar-refractivity contribution in [3.8, 4) is 34.0 Å². The number of benzene rings is 3. The monoisotopic (exact) mass is 428 g/mol. The van der Waals surface area contributed by atoms with Crippen LogP contribution in [0.4, 0.5) is 4.39 Å². The van der Waals surface area contributed by atoms with Crippen LogP contribution in [0.2, 0.25) is 0 Å². The van der Waals surface area contributed by atoms with Gasteiger partial charge in [-0.3, -0.25) is 0 Å². The maximum Gasteiger partial charge on any atom is 0.337 e. The van der Waals surface area contributed by atoms with Crippen LogP contribution in [0.15, 0.2) is 71.4 Å². The van der Waals surface area contributed by atoms with E-state index in [1.807, 2.05) is 24.3 Å². The summed E-state index contributed by atoms with van der Waals surface area (Å²) in [6.45, 7) is 0. The lowest BCUT2D eigenvalue weighted by Crippen LogP contribution is -2.00. The van der Waals surface area contributed by atoms with Crippen LogP contribution in [0.5, 0.6) is 0 Å². The first-order chi connectivity index (χ1) is 15.5. The van der Waals surface area contributed by atoms with E-state index in [9.17, 15) is 9.18 Å². The largest absolute Gasteiger partial charge is 0.465 e. The van der Waals surface area contributed by atoms with Crippen molar-refractivity contribution in [2.75, 3.05) is 7.11 Å². The number of oxazole rings is 1. The zero-order valence-corrected chi connectivity index (χ0v) is 17.2. The minimum absolute atomic E-state index is 0.358. The van der Waals surface area contributed by atoms with Crippen molar-refractivity contribution >= 4 is 17.1 Å². The number of nitrogens with zero attached hydrogens (tertiary/aromatic N) is 4. The summed E-state index contributed by atoms with van der Waals surface area (Å²) in [5, 5.41) is 8.04. The maximum absolute atomic E-state index is 14.0. The first-order valence-electron chi connectivity index (χ1n) is 9.77. The van der Waals surface area contributed by atoms with Gasteiger partial charge in [-0.1, -0.05) is 18.2 Å². The molecule has 5 rings (SSSR count). The van der Waals surface area contributed by atoms with Gasteiger partial charge in [-0.2, -0.15) is 0 Å². The van der Waals surface area contributed by atoms with Gasteiger partial charge >= 0.3 is 5.97 Å². The second kappa shape index (κ2) is 7.73. The lowest BCUT2D eigenvalue weighted by Gasteiger charge is -2.10. The van der Waals surface area contributed by atoms with Crippen LogP contribution in [0, 0.1) is 5.82 Å². The highest BCUT2D eigenvalue weighted by Gasteiger charge is 2.16. The minimum atomic E-state index is -0.439. The van der Waals surface area contributed by atoms with Crippen molar-refractivity contribution in [2.45, 2.75) is 0 Å². The molecule has 8 heteroatoms. The van der Waals surface area contributed by atoms with E-state index < -0.39 is 5.97 Å². The summed E-state index contributed by atoms with van der Waals surface area (Å²) >= 11 is 0. The topological polar surface area (TPSA) is 83.0 Å². The molecule has 0 fully saturated rings. The predicted octanol–water partition coefficient (Wildman–Crippen LogP) is 4.88. The van der Waals surface area contributed by atoms with Crippen LogP contribution in [0.1, 0.15) is 10.4 Å². The summed E-state index contributed by atoms with van der Waals surface area (Å²) in [4.78, 5) is 16.3. The van der Waals surface area contributed by atoms with E-state index in [0.717, 1.165) is 16.7 Å². The molecule has 0 N–H and O–H groups in total. The lowest BCUT2D eigenvalue weighted by atomic mass is 9.97. The second-order valence-electron chi connectivity index (χ2n) is 7.23. The third-order valence-corrected chi connectivity index (χ3v) is 5.16. The van der Waals surface area contributed by atoms with Gasteiger partial charge in [0.25, 0.3) is 0 Å². The van der Waals surface area contributed by atoms with Gasteiger partial charge in [-0.15, -0.1) is 10.2 Å². The van der Waals surface area contributed by atoms with E-state index in [1.54, 1.807) is 42.2 Å². The van der Waals surface area contributed by atoms with Gasteiger partial charge in [0.05, 0.1) is 12.7 Å². The Morgan fingerprint density at radius 3 is 2.66 bits per heavy atom. The number of esters is 1. The molecule has 0 unspecified atom stereocenters. The van der Waals surface area contributed by atoms with Crippen molar-refractivity contribution in [1.29, 1.82) is 0 Å². The fourth-order valence-electron chi connectivity index (χ4n) is 3.60. The number of fused-ring (bicyclic) bond motifs is 1. The highest BCUT2D eigenvalue weighted by molar-refractivity contribution is 5.93. The SMILES string of the molecule is COC(=O)c1ccc2oc(-c3cccc(-c4ccc(F)cc4-c4nncn4C)c3)nc2c1. The van der Waals surface area contributed by atoms with Gasteiger partial charge in [0.15, 0.2) is 11.4 Å². The molecule has 2 aromatic heterocycles. The summed E-state index contributed by atoms with van der Waals surface area (Å²) < 4.78 is 26.5. The molecule has 0 radical (unpaired) electrons. The minimum Gasteiger partial charge on any atom is -0.465 e. The highest BCUT2D eigenvalue weighted by Crippen LogP contribution is 2.34. The Bertz CT molecular complexity index is 1470. The molecular formula is C24H17FN4O3. The number of carbonyl (C=O) groups is 1. The quantitative estimate of drug-likeness (QED) is 0.379. The summed E-state index contributed by atoms with van der Waals surface area (Å²) in [7, 11) is 3.14. The van der Waals surface area contributed by atoms with Crippen LogP contribution < -0.4 is 0 Å². The number of aromatic nitrogens is 4. The van der Waals surface area contributed by atoms with Gasteiger partial charge in [-0.05, 0) is 53.6 Å². The molecule has 32 heavy (non-hydrogen) atoms. The number of aryl methyl sites for hydroxylation is 1. The molecule has 0 aliphatic carbocycles. The molecular weight excluding hydrogens is 411 g/mol. The zero-order chi connectivity index (χ0) is 22.2. The first-order valence-corrected chi connectivity index (χ1v) is 9.77. The Balaban J connectivity index is 1.59. The smallest absolute Gasteiger partial charge is 0.337 e. The Labute approximate surface area is 182 Å². The van der Waals surface area contributed by atoms with E-state index in [-0.39, 0.29) is 5.82 Å². The van der Waals surface area contributed by atoms with E-state index in [0.29, 0.717) is 33.9 Å². The molecule has 0 saturated heterocycles. The standard InChI is InChI=1S/C24H17FN4O3/c1-29-13-26-28-22(29)19-12-17(25)7-8-18(19)14-4-3-5-15(10-14)23-27-20-11-16(24(30)31-2)6-9-21(20)32-23/h3-13H,1-2H3. The summed E-state index contributed by atoms with van der Waals surface area (Å²) in [5.41, 5.74) is 4.52. The molecule has 0 aliphatic rings. The third-order valence-electron chi connectivity index (χ3n) is 5.16. The number of carbonyl (C=O) groups excluding carboxylic acids is 1. The summed E-state index contributed by atoms with van der Waals surface area (Å²) in [5.74, 6) is 0.169. The average Bonchev–Trinajstić information content (AvgIpc) is 3.44. The molecule has 0 spiro atoms. The number of hydrogen-bond donors (Lipinski definition) is 0. The normalized spacial score (nSPS) is 11.1. The number of ether oxygens (including phenoxy) is 1.